The van der Waals surface area contributed by atoms with Crippen molar-refractivity contribution >= 4 is 11.9 Å². The van der Waals surface area contributed by atoms with E-state index in [1.807, 2.05) is 68.5 Å². The molecule has 4 heteroatoms. The smallest absolute Gasteiger partial charge is 0.326 e. The summed E-state index contributed by atoms with van der Waals surface area (Å²) >= 11 is 0. The van der Waals surface area contributed by atoms with Gasteiger partial charge in [-0.2, -0.15) is 0 Å². The molecule has 2 aromatic rings. The average molecular weight is 335 g/mol. The van der Waals surface area contributed by atoms with Crippen LogP contribution in [0.2, 0.25) is 0 Å². The zero-order chi connectivity index (χ0) is 18.0. The van der Waals surface area contributed by atoms with Gasteiger partial charge in [0, 0.05) is 0 Å². The van der Waals surface area contributed by atoms with Gasteiger partial charge in [-0.25, -0.2) is 4.79 Å². The quantitative estimate of drug-likeness (QED) is 0.818. The molecule has 0 fully saturated rings. The first-order valence-corrected chi connectivity index (χ1v) is 8.34. The van der Waals surface area contributed by atoms with Crippen molar-refractivity contribution in [2.75, 3.05) is 0 Å². The first kappa shape index (κ1) is 17.0. The highest BCUT2D eigenvalue weighted by atomic mass is 16.4. The lowest BCUT2D eigenvalue weighted by Crippen LogP contribution is -2.42. The molecule has 0 saturated heterocycles. The number of carbonyl (C=O) groups excluding carboxylic acids is 1. The van der Waals surface area contributed by atoms with Crippen molar-refractivity contribution in [1.82, 2.24) is 5.32 Å². The van der Waals surface area contributed by atoms with E-state index in [0.29, 0.717) is 0 Å². The maximum absolute atomic E-state index is 12.9. The number of carboxylic acid groups (broad SMARTS) is 1. The normalized spacial score (nSPS) is 13.5. The van der Waals surface area contributed by atoms with Gasteiger partial charge >= 0.3 is 5.97 Å². The Morgan fingerprint density at radius 3 is 2.04 bits per heavy atom. The van der Waals surface area contributed by atoms with Crippen molar-refractivity contribution in [2.45, 2.75) is 32.2 Å². The van der Waals surface area contributed by atoms with E-state index >= 15 is 0 Å². The number of hydrogen-bond donors (Lipinski definition) is 2. The molecule has 0 radical (unpaired) electrons. The summed E-state index contributed by atoms with van der Waals surface area (Å²) in [5.74, 6) is -1.77. The van der Waals surface area contributed by atoms with Crippen LogP contribution in [0.4, 0.5) is 0 Å². The number of fused-ring (bicyclic) bond motifs is 3. The molecule has 0 aromatic heterocycles. The van der Waals surface area contributed by atoms with Crippen molar-refractivity contribution < 1.29 is 14.7 Å². The maximum Gasteiger partial charge on any atom is 0.326 e. The first-order chi connectivity index (χ1) is 12.0. The second kappa shape index (κ2) is 6.93. The molecule has 128 valence electrons. The van der Waals surface area contributed by atoms with Crippen LogP contribution in [0.5, 0.6) is 0 Å². The van der Waals surface area contributed by atoms with Gasteiger partial charge in [0.1, 0.15) is 6.04 Å². The lowest BCUT2D eigenvalue weighted by Gasteiger charge is -2.18. The minimum Gasteiger partial charge on any atom is -0.480 e. The molecule has 0 heterocycles. The van der Waals surface area contributed by atoms with Gasteiger partial charge in [-0.15, -0.1) is 0 Å². The molecule has 0 bridgehead atoms. The number of nitrogens with one attached hydrogen (secondary N) is 1. The van der Waals surface area contributed by atoms with Crippen LogP contribution in [0, 0.1) is 0 Å². The number of allylic oxidation sites excluding steroid dienone is 1. The number of benzene rings is 2. The number of carboxylic acids is 1. The number of carbonyl (C=O) groups is 2. The molecule has 25 heavy (non-hydrogen) atoms. The molecule has 0 spiro atoms. The minimum atomic E-state index is -1.02. The van der Waals surface area contributed by atoms with Gasteiger partial charge in [-0.05, 0) is 42.5 Å². The maximum atomic E-state index is 12.9. The van der Waals surface area contributed by atoms with Crippen LogP contribution in [-0.4, -0.2) is 23.0 Å². The molecule has 2 aromatic carbocycles. The van der Waals surface area contributed by atoms with Crippen LogP contribution in [0.1, 0.15) is 37.3 Å². The summed E-state index contributed by atoms with van der Waals surface area (Å²) in [7, 11) is 0. The molecule has 0 saturated carbocycles. The highest BCUT2D eigenvalue weighted by Crippen LogP contribution is 2.44. The molecule has 2 N–H and O–H groups in total. The number of rotatable bonds is 5. The molecular formula is C21H21NO3. The van der Waals surface area contributed by atoms with E-state index in [2.05, 4.69) is 5.32 Å². The van der Waals surface area contributed by atoms with Crippen molar-refractivity contribution in [3.05, 3.63) is 71.3 Å². The molecule has 1 aliphatic carbocycles. The molecule has 3 rings (SSSR count). The van der Waals surface area contributed by atoms with E-state index in [4.69, 9.17) is 0 Å². The Labute approximate surface area is 147 Å². The summed E-state index contributed by atoms with van der Waals surface area (Å²) in [6.07, 6.45) is 2.11. The van der Waals surface area contributed by atoms with Crippen molar-refractivity contribution in [3.8, 4) is 11.1 Å². The fraction of sp³-hybridized carbons (Fsp3) is 0.238. The van der Waals surface area contributed by atoms with E-state index < -0.39 is 17.9 Å². The van der Waals surface area contributed by atoms with Crippen LogP contribution in [0.3, 0.4) is 0 Å². The van der Waals surface area contributed by atoms with Crippen molar-refractivity contribution in [3.63, 3.8) is 0 Å². The summed E-state index contributed by atoms with van der Waals surface area (Å²) in [6.45, 7) is 3.81. The summed E-state index contributed by atoms with van der Waals surface area (Å²) in [5, 5.41) is 12.1. The number of aliphatic carboxylic acids is 1. The van der Waals surface area contributed by atoms with Crippen molar-refractivity contribution in [1.29, 1.82) is 0 Å². The summed E-state index contributed by atoms with van der Waals surface area (Å²) < 4.78 is 0. The SMILES string of the molecule is CC(C)=CC[C@@H](NC(=O)C1c2ccccc2-c2ccccc21)C(=O)O. The Kier molecular flexibility index (Phi) is 4.70. The Bertz CT molecular complexity index is 804. The monoisotopic (exact) mass is 335 g/mol. The third-order valence-corrected chi connectivity index (χ3v) is 4.47. The average Bonchev–Trinajstić information content (AvgIpc) is 2.92. The fourth-order valence-electron chi connectivity index (χ4n) is 3.27. The molecular weight excluding hydrogens is 314 g/mol. The molecule has 0 unspecified atom stereocenters. The standard InChI is InChI=1S/C21H21NO3/c1-13(2)11-12-18(21(24)25)22-20(23)19-16-9-5-3-7-14(16)15-8-4-6-10-17(15)19/h3-11,18-19H,12H2,1-2H3,(H,22,23)(H,24,25)/t18-/m1/s1. The number of hydrogen-bond acceptors (Lipinski definition) is 2. The lowest BCUT2D eigenvalue weighted by molar-refractivity contribution is -0.141. The summed E-state index contributed by atoms with van der Waals surface area (Å²) in [5.41, 5.74) is 4.95. The Morgan fingerprint density at radius 1 is 1.04 bits per heavy atom. The Morgan fingerprint density at radius 2 is 1.56 bits per heavy atom. The predicted molar refractivity (Wildman–Crippen MR) is 97.3 cm³/mol. The van der Waals surface area contributed by atoms with Crippen LogP contribution in [0.15, 0.2) is 60.2 Å². The van der Waals surface area contributed by atoms with E-state index in [0.717, 1.165) is 27.8 Å². The van der Waals surface area contributed by atoms with E-state index in [-0.39, 0.29) is 12.3 Å². The van der Waals surface area contributed by atoms with Gasteiger partial charge in [0.15, 0.2) is 0 Å². The minimum absolute atomic E-state index is 0.271. The Hall–Kier alpha value is -2.88. The summed E-state index contributed by atoms with van der Waals surface area (Å²) in [6, 6.07) is 14.7. The van der Waals surface area contributed by atoms with E-state index in [1.54, 1.807) is 0 Å². The van der Waals surface area contributed by atoms with Gasteiger partial charge in [0.25, 0.3) is 0 Å². The summed E-state index contributed by atoms with van der Waals surface area (Å²) in [4.78, 5) is 24.4. The van der Waals surface area contributed by atoms with Crippen LogP contribution in [0.25, 0.3) is 11.1 Å². The number of amides is 1. The first-order valence-electron chi connectivity index (χ1n) is 8.34. The van der Waals surface area contributed by atoms with Gasteiger partial charge < -0.3 is 10.4 Å². The fourth-order valence-corrected chi connectivity index (χ4v) is 3.27. The van der Waals surface area contributed by atoms with Gasteiger partial charge in [0.2, 0.25) is 5.91 Å². The van der Waals surface area contributed by atoms with Gasteiger partial charge in [-0.3, -0.25) is 4.79 Å². The van der Waals surface area contributed by atoms with E-state index in [9.17, 15) is 14.7 Å². The second-order valence-electron chi connectivity index (χ2n) is 6.52. The zero-order valence-electron chi connectivity index (χ0n) is 14.3. The lowest BCUT2D eigenvalue weighted by atomic mass is 9.95. The van der Waals surface area contributed by atoms with Crippen LogP contribution >= 0.6 is 0 Å². The molecule has 1 amide bonds. The second-order valence-corrected chi connectivity index (χ2v) is 6.52. The van der Waals surface area contributed by atoms with Crippen molar-refractivity contribution in [2.24, 2.45) is 0 Å². The highest BCUT2D eigenvalue weighted by Gasteiger charge is 2.34. The zero-order valence-corrected chi connectivity index (χ0v) is 14.3. The Balaban J connectivity index is 1.91. The largest absolute Gasteiger partial charge is 0.480 e. The van der Waals surface area contributed by atoms with Crippen LogP contribution in [-0.2, 0) is 9.59 Å². The van der Waals surface area contributed by atoms with Gasteiger partial charge in [0.05, 0.1) is 5.92 Å². The third kappa shape index (κ3) is 3.33. The highest BCUT2D eigenvalue weighted by molar-refractivity contribution is 5.97. The van der Waals surface area contributed by atoms with Gasteiger partial charge in [-0.1, -0.05) is 60.2 Å². The molecule has 0 aliphatic heterocycles. The molecule has 1 atom stereocenters. The predicted octanol–water partition coefficient (Wildman–Crippen LogP) is 3.72. The third-order valence-electron chi connectivity index (χ3n) is 4.47. The van der Waals surface area contributed by atoms with E-state index in [1.165, 1.54) is 0 Å². The molecule has 4 nitrogen and oxygen atoms in total. The van der Waals surface area contributed by atoms with Crippen LogP contribution < -0.4 is 5.32 Å². The topological polar surface area (TPSA) is 66.4 Å². The molecule has 1 aliphatic rings.